The van der Waals surface area contributed by atoms with E-state index in [1.54, 1.807) is 7.11 Å². The minimum Gasteiger partial charge on any atom is -0.497 e. The van der Waals surface area contributed by atoms with Crippen LogP contribution in [-0.2, 0) is 4.74 Å². The lowest BCUT2D eigenvalue weighted by Gasteiger charge is -2.02. The van der Waals surface area contributed by atoms with Crippen molar-refractivity contribution in [2.24, 2.45) is 0 Å². The number of methoxy groups -OCH3 is 1. The number of unbranched alkanes of at least 4 members (excludes halogenated alkanes) is 4. The van der Waals surface area contributed by atoms with Gasteiger partial charge < -0.3 is 9.47 Å². The zero-order chi connectivity index (χ0) is 14.5. The van der Waals surface area contributed by atoms with Crippen molar-refractivity contribution in [1.29, 1.82) is 0 Å². The maximum absolute atomic E-state index is 5.61. The molecular formula is C18H28O2. The molecular weight excluding hydrogens is 248 g/mol. The lowest BCUT2D eigenvalue weighted by Crippen LogP contribution is -1.96. The molecule has 0 bridgehead atoms. The van der Waals surface area contributed by atoms with Gasteiger partial charge in [-0.25, -0.2) is 0 Å². The van der Waals surface area contributed by atoms with Gasteiger partial charge in [-0.2, -0.15) is 0 Å². The van der Waals surface area contributed by atoms with E-state index in [2.05, 4.69) is 31.2 Å². The van der Waals surface area contributed by atoms with Crippen LogP contribution >= 0.6 is 0 Å². The summed E-state index contributed by atoms with van der Waals surface area (Å²) >= 11 is 0. The summed E-state index contributed by atoms with van der Waals surface area (Å²) in [5, 5.41) is 0. The second kappa shape index (κ2) is 11.5. The number of ether oxygens (including phenoxy) is 2. The van der Waals surface area contributed by atoms with Crippen LogP contribution in [-0.4, -0.2) is 20.3 Å². The summed E-state index contributed by atoms with van der Waals surface area (Å²) in [7, 11) is 1.69. The molecule has 0 unspecified atom stereocenters. The maximum Gasteiger partial charge on any atom is 0.118 e. The summed E-state index contributed by atoms with van der Waals surface area (Å²) < 4.78 is 10.7. The van der Waals surface area contributed by atoms with E-state index >= 15 is 0 Å². The number of hydrogen-bond acceptors (Lipinski definition) is 2. The molecule has 0 aromatic heterocycles. The van der Waals surface area contributed by atoms with Crippen molar-refractivity contribution in [2.75, 3.05) is 20.3 Å². The molecule has 0 atom stereocenters. The third-order valence-electron chi connectivity index (χ3n) is 3.23. The van der Waals surface area contributed by atoms with E-state index in [0.29, 0.717) is 0 Å². The highest BCUT2D eigenvalue weighted by Gasteiger charge is 1.91. The summed E-state index contributed by atoms with van der Waals surface area (Å²) in [6.07, 6.45) is 11.7. The molecule has 0 saturated heterocycles. The monoisotopic (exact) mass is 276 g/mol. The first-order valence-electron chi connectivity index (χ1n) is 7.75. The van der Waals surface area contributed by atoms with Gasteiger partial charge in [-0.3, -0.25) is 0 Å². The highest BCUT2D eigenvalue weighted by molar-refractivity contribution is 5.50. The van der Waals surface area contributed by atoms with Gasteiger partial charge in [0.15, 0.2) is 0 Å². The van der Waals surface area contributed by atoms with Crippen molar-refractivity contribution in [3.63, 3.8) is 0 Å². The molecule has 2 nitrogen and oxygen atoms in total. The van der Waals surface area contributed by atoms with Crippen LogP contribution in [0.3, 0.4) is 0 Å². The van der Waals surface area contributed by atoms with E-state index in [4.69, 9.17) is 9.47 Å². The van der Waals surface area contributed by atoms with E-state index < -0.39 is 0 Å². The standard InChI is InChI=1S/C18H28O2/c1-3-4-5-8-15-20-16-9-6-7-10-17-11-13-18(19-2)14-12-17/h7,10-14H,3-6,8-9,15-16H2,1-2H3. The van der Waals surface area contributed by atoms with Crippen molar-refractivity contribution in [3.8, 4) is 5.75 Å². The molecule has 20 heavy (non-hydrogen) atoms. The smallest absolute Gasteiger partial charge is 0.118 e. The molecule has 2 heteroatoms. The lowest BCUT2D eigenvalue weighted by atomic mass is 10.2. The molecule has 0 N–H and O–H groups in total. The quantitative estimate of drug-likeness (QED) is 0.524. The highest BCUT2D eigenvalue weighted by Crippen LogP contribution is 2.12. The topological polar surface area (TPSA) is 18.5 Å². The van der Waals surface area contributed by atoms with Gasteiger partial charge in [-0.15, -0.1) is 0 Å². The zero-order valence-electron chi connectivity index (χ0n) is 12.9. The molecule has 0 spiro atoms. The van der Waals surface area contributed by atoms with Crippen LogP contribution in [0.5, 0.6) is 5.75 Å². The summed E-state index contributed by atoms with van der Waals surface area (Å²) in [6, 6.07) is 8.11. The average molecular weight is 276 g/mol. The van der Waals surface area contributed by atoms with Crippen LogP contribution in [0.2, 0.25) is 0 Å². The van der Waals surface area contributed by atoms with E-state index in [9.17, 15) is 0 Å². The Labute approximate surface area is 123 Å². The summed E-state index contributed by atoms with van der Waals surface area (Å²) in [6.45, 7) is 4.03. The van der Waals surface area contributed by atoms with Crippen molar-refractivity contribution in [1.82, 2.24) is 0 Å². The Morgan fingerprint density at radius 3 is 2.40 bits per heavy atom. The second-order valence-electron chi connectivity index (χ2n) is 4.99. The van der Waals surface area contributed by atoms with Crippen LogP contribution in [0.1, 0.15) is 51.0 Å². The molecule has 0 amide bonds. The van der Waals surface area contributed by atoms with Gasteiger partial charge in [0.05, 0.1) is 7.11 Å². The van der Waals surface area contributed by atoms with E-state index in [-0.39, 0.29) is 0 Å². The Balaban J connectivity index is 2.01. The van der Waals surface area contributed by atoms with Crippen molar-refractivity contribution >= 4 is 6.08 Å². The summed E-state index contributed by atoms with van der Waals surface area (Å²) in [5.41, 5.74) is 1.21. The largest absolute Gasteiger partial charge is 0.497 e. The maximum atomic E-state index is 5.61. The van der Waals surface area contributed by atoms with Crippen molar-refractivity contribution < 1.29 is 9.47 Å². The lowest BCUT2D eigenvalue weighted by molar-refractivity contribution is 0.128. The fraction of sp³-hybridized carbons (Fsp3) is 0.556. The van der Waals surface area contributed by atoms with Crippen LogP contribution < -0.4 is 4.74 Å². The first-order chi connectivity index (χ1) is 9.86. The molecule has 0 aliphatic carbocycles. The predicted molar refractivity (Wildman–Crippen MR) is 86.2 cm³/mol. The van der Waals surface area contributed by atoms with Crippen molar-refractivity contribution in [3.05, 3.63) is 35.9 Å². The molecule has 1 aromatic carbocycles. The molecule has 0 radical (unpaired) electrons. The Hall–Kier alpha value is -1.28. The summed E-state index contributed by atoms with van der Waals surface area (Å²) in [4.78, 5) is 0. The average Bonchev–Trinajstić information content (AvgIpc) is 2.50. The van der Waals surface area contributed by atoms with E-state index in [0.717, 1.165) is 31.8 Å². The Bertz CT molecular complexity index is 354. The number of benzene rings is 1. The number of hydrogen-bond donors (Lipinski definition) is 0. The normalized spacial score (nSPS) is 11.1. The number of rotatable bonds is 11. The fourth-order valence-corrected chi connectivity index (χ4v) is 1.97. The first-order valence-corrected chi connectivity index (χ1v) is 7.75. The first kappa shape index (κ1) is 16.8. The minimum atomic E-state index is 0.874. The summed E-state index contributed by atoms with van der Waals surface area (Å²) in [5.74, 6) is 0.902. The van der Waals surface area contributed by atoms with Gasteiger partial charge in [-0.05, 0) is 37.0 Å². The van der Waals surface area contributed by atoms with Crippen LogP contribution in [0.4, 0.5) is 0 Å². The molecule has 1 rings (SSSR count). The van der Waals surface area contributed by atoms with Crippen molar-refractivity contribution in [2.45, 2.75) is 45.4 Å². The van der Waals surface area contributed by atoms with Crippen LogP contribution in [0.15, 0.2) is 30.3 Å². The Morgan fingerprint density at radius 2 is 1.70 bits per heavy atom. The zero-order valence-corrected chi connectivity index (χ0v) is 12.9. The minimum absolute atomic E-state index is 0.874. The fourth-order valence-electron chi connectivity index (χ4n) is 1.97. The van der Waals surface area contributed by atoms with Gasteiger partial charge in [0.2, 0.25) is 0 Å². The van der Waals surface area contributed by atoms with Gasteiger partial charge in [0.1, 0.15) is 5.75 Å². The van der Waals surface area contributed by atoms with Gasteiger partial charge >= 0.3 is 0 Å². The number of allylic oxidation sites excluding steroid dienone is 1. The Morgan fingerprint density at radius 1 is 0.950 bits per heavy atom. The van der Waals surface area contributed by atoms with Gasteiger partial charge in [0.25, 0.3) is 0 Å². The molecule has 0 heterocycles. The molecule has 1 aromatic rings. The second-order valence-corrected chi connectivity index (χ2v) is 4.99. The van der Waals surface area contributed by atoms with Gasteiger partial charge in [-0.1, -0.05) is 50.5 Å². The molecule has 0 fully saturated rings. The molecule has 0 saturated carbocycles. The third kappa shape index (κ3) is 8.00. The van der Waals surface area contributed by atoms with Gasteiger partial charge in [0, 0.05) is 13.2 Å². The van der Waals surface area contributed by atoms with Crippen LogP contribution in [0.25, 0.3) is 6.08 Å². The predicted octanol–water partition coefficient (Wildman–Crippen LogP) is 5.09. The Kier molecular flexibility index (Phi) is 9.68. The molecule has 112 valence electrons. The molecule has 0 aliphatic heterocycles. The van der Waals surface area contributed by atoms with Crippen LogP contribution in [0, 0.1) is 0 Å². The highest BCUT2D eigenvalue weighted by atomic mass is 16.5. The van der Waals surface area contributed by atoms with E-state index in [1.807, 2.05) is 12.1 Å². The third-order valence-corrected chi connectivity index (χ3v) is 3.23. The van der Waals surface area contributed by atoms with E-state index in [1.165, 1.54) is 31.2 Å². The SMILES string of the molecule is CCCCCCOCCCC=Cc1ccc(OC)cc1. The molecule has 0 aliphatic rings.